The fourth-order valence-electron chi connectivity index (χ4n) is 1.96. The highest BCUT2D eigenvalue weighted by molar-refractivity contribution is 14.0. The molecule has 2 rings (SSSR count). The fourth-order valence-corrected chi connectivity index (χ4v) is 1.96. The summed E-state index contributed by atoms with van der Waals surface area (Å²) in [7, 11) is 0. The molecule has 2 heterocycles. The van der Waals surface area contributed by atoms with E-state index >= 15 is 0 Å². The van der Waals surface area contributed by atoms with Gasteiger partial charge >= 0.3 is 0 Å². The van der Waals surface area contributed by atoms with Gasteiger partial charge in [-0.25, -0.2) is 9.98 Å². The molecular formula is C17H24IN5O. The molecule has 0 bridgehead atoms. The number of halogens is 1. The monoisotopic (exact) mass is 441 g/mol. The largest absolute Gasteiger partial charge is 0.477 e. The second kappa shape index (κ2) is 11.6. The van der Waals surface area contributed by atoms with Gasteiger partial charge < -0.3 is 15.8 Å². The van der Waals surface area contributed by atoms with Crippen molar-refractivity contribution in [3.8, 4) is 5.88 Å². The van der Waals surface area contributed by atoms with Crippen LogP contribution in [-0.2, 0) is 13.0 Å². The average Bonchev–Trinajstić information content (AvgIpc) is 2.60. The first-order chi connectivity index (χ1) is 11.3. The van der Waals surface area contributed by atoms with E-state index in [4.69, 9.17) is 10.5 Å². The van der Waals surface area contributed by atoms with E-state index in [2.05, 4.69) is 27.2 Å². The molecule has 2 aromatic heterocycles. The molecule has 0 amide bonds. The van der Waals surface area contributed by atoms with Crippen LogP contribution >= 0.6 is 24.0 Å². The third-order valence-electron chi connectivity index (χ3n) is 3.13. The van der Waals surface area contributed by atoms with E-state index in [1.807, 2.05) is 30.3 Å². The fraction of sp³-hybridized carbons (Fsp3) is 0.353. The molecule has 0 saturated carbocycles. The van der Waals surface area contributed by atoms with Crippen molar-refractivity contribution >= 4 is 29.9 Å². The predicted molar refractivity (Wildman–Crippen MR) is 107 cm³/mol. The van der Waals surface area contributed by atoms with Crippen LogP contribution in [0.25, 0.3) is 0 Å². The van der Waals surface area contributed by atoms with E-state index in [1.54, 1.807) is 12.4 Å². The van der Waals surface area contributed by atoms with E-state index in [-0.39, 0.29) is 24.0 Å². The number of aromatic nitrogens is 2. The quantitative estimate of drug-likeness (QED) is 0.374. The van der Waals surface area contributed by atoms with Crippen molar-refractivity contribution in [2.75, 3.05) is 13.2 Å². The number of pyridine rings is 2. The van der Waals surface area contributed by atoms with Crippen LogP contribution in [-0.4, -0.2) is 29.1 Å². The number of nitrogens with one attached hydrogen (secondary N) is 1. The van der Waals surface area contributed by atoms with Crippen LogP contribution in [0.2, 0.25) is 0 Å². The van der Waals surface area contributed by atoms with Crippen LogP contribution in [0.4, 0.5) is 0 Å². The Kier molecular flexibility index (Phi) is 9.74. The van der Waals surface area contributed by atoms with Gasteiger partial charge in [-0.05, 0) is 24.6 Å². The first kappa shape index (κ1) is 20.1. The molecule has 0 saturated heterocycles. The Morgan fingerprint density at radius 2 is 2.04 bits per heavy atom. The lowest BCUT2D eigenvalue weighted by molar-refractivity contribution is 0.302. The Morgan fingerprint density at radius 1 is 1.21 bits per heavy atom. The summed E-state index contributed by atoms with van der Waals surface area (Å²) in [5, 5.41) is 3.09. The summed E-state index contributed by atoms with van der Waals surface area (Å²) in [6.45, 7) is 3.84. The molecule has 0 spiro atoms. The molecule has 0 radical (unpaired) electrons. The highest BCUT2D eigenvalue weighted by atomic mass is 127. The normalized spacial score (nSPS) is 10.8. The highest BCUT2D eigenvalue weighted by Crippen LogP contribution is 2.15. The van der Waals surface area contributed by atoms with Gasteiger partial charge in [0.2, 0.25) is 5.88 Å². The smallest absolute Gasteiger partial charge is 0.218 e. The maximum atomic E-state index is 5.89. The molecule has 0 aliphatic heterocycles. The minimum absolute atomic E-state index is 0. The first-order valence-electron chi connectivity index (χ1n) is 7.80. The maximum Gasteiger partial charge on any atom is 0.218 e. The molecule has 2 aromatic rings. The number of guanidine groups is 1. The Balaban J connectivity index is 0.00000288. The minimum atomic E-state index is 0. The van der Waals surface area contributed by atoms with E-state index in [0.29, 0.717) is 31.5 Å². The summed E-state index contributed by atoms with van der Waals surface area (Å²) >= 11 is 0. The highest BCUT2D eigenvalue weighted by Gasteiger charge is 2.04. The van der Waals surface area contributed by atoms with E-state index in [0.717, 1.165) is 24.1 Å². The molecule has 0 aliphatic rings. The van der Waals surface area contributed by atoms with Crippen molar-refractivity contribution in [1.29, 1.82) is 0 Å². The lowest BCUT2D eigenvalue weighted by Crippen LogP contribution is -2.33. The molecule has 130 valence electrons. The summed E-state index contributed by atoms with van der Waals surface area (Å²) in [5.41, 5.74) is 7.84. The number of nitrogens with zero attached hydrogens (tertiary/aromatic N) is 3. The van der Waals surface area contributed by atoms with Gasteiger partial charge in [0.25, 0.3) is 0 Å². The van der Waals surface area contributed by atoms with Gasteiger partial charge in [-0.3, -0.25) is 4.98 Å². The SMILES string of the molecule is CCCOc1ncccc1CN=C(N)NCCc1ccccn1.I. The first-order valence-corrected chi connectivity index (χ1v) is 7.80. The zero-order chi connectivity index (χ0) is 16.3. The maximum absolute atomic E-state index is 5.89. The topological polar surface area (TPSA) is 85.4 Å². The summed E-state index contributed by atoms with van der Waals surface area (Å²) in [6, 6.07) is 9.68. The zero-order valence-electron chi connectivity index (χ0n) is 13.8. The van der Waals surface area contributed by atoms with Crippen molar-refractivity contribution in [3.63, 3.8) is 0 Å². The van der Waals surface area contributed by atoms with Gasteiger partial charge in [-0.2, -0.15) is 0 Å². The number of hydrogen-bond donors (Lipinski definition) is 2. The Labute approximate surface area is 160 Å². The van der Waals surface area contributed by atoms with Crippen LogP contribution < -0.4 is 15.8 Å². The van der Waals surface area contributed by atoms with E-state index < -0.39 is 0 Å². The van der Waals surface area contributed by atoms with Crippen LogP contribution in [0.3, 0.4) is 0 Å². The van der Waals surface area contributed by atoms with Crippen LogP contribution in [0.5, 0.6) is 5.88 Å². The van der Waals surface area contributed by atoms with Crippen molar-refractivity contribution in [2.45, 2.75) is 26.3 Å². The van der Waals surface area contributed by atoms with Crippen LogP contribution in [0.1, 0.15) is 24.6 Å². The molecule has 0 unspecified atom stereocenters. The Bertz CT molecular complexity index is 621. The van der Waals surface area contributed by atoms with Crippen molar-refractivity contribution in [3.05, 3.63) is 54.0 Å². The van der Waals surface area contributed by atoms with Gasteiger partial charge in [-0.15, -0.1) is 24.0 Å². The van der Waals surface area contributed by atoms with Crippen molar-refractivity contribution in [2.24, 2.45) is 10.7 Å². The molecule has 0 aromatic carbocycles. The van der Waals surface area contributed by atoms with Gasteiger partial charge in [0, 0.05) is 36.6 Å². The van der Waals surface area contributed by atoms with E-state index in [1.165, 1.54) is 0 Å². The molecule has 24 heavy (non-hydrogen) atoms. The lowest BCUT2D eigenvalue weighted by atomic mass is 10.2. The Hall–Kier alpha value is -1.90. The molecule has 3 N–H and O–H groups in total. The van der Waals surface area contributed by atoms with Gasteiger partial charge in [0.05, 0.1) is 13.2 Å². The number of hydrogen-bond acceptors (Lipinski definition) is 4. The summed E-state index contributed by atoms with van der Waals surface area (Å²) in [4.78, 5) is 12.8. The second-order valence-corrected chi connectivity index (χ2v) is 5.02. The van der Waals surface area contributed by atoms with Crippen LogP contribution in [0, 0.1) is 0 Å². The van der Waals surface area contributed by atoms with Crippen molar-refractivity contribution in [1.82, 2.24) is 15.3 Å². The number of ether oxygens (including phenoxy) is 1. The Morgan fingerprint density at radius 3 is 2.79 bits per heavy atom. The average molecular weight is 441 g/mol. The molecule has 0 atom stereocenters. The van der Waals surface area contributed by atoms with Crippen LogP contribution in [0.15, 0.2) is 47.7 Å². The summed E-state index contributed by atoms with van der Waals surface area (Å²) < 4.78 is 5.61. The molecular weight excluding hydrogens is 417 g/mol. The summed E-state index contributed by atoms with van der Waals surface area (Å²) in [6.07, 6.45) is 5.24. The number of aliphatic imine (C=N–C) groups is 1. The molecule has 6 nitrogen and oxygen atoms in total. The van der Waals surface area contributed by atoms with Gasteiger partial charge in [0.15, 0.2) is 5.96 Å². The van der Waals surface area contributed by atoms with Gasteiger partial charge in [0.1, 0.15) is 0 Å². The zero-order valence-corrected chi connectivity index (χ0v) is 16.1. The molecule has 0 fully saturated rings. The number of rotatable bonds is 8. The summed E-state index contributed by atoms with van der Waals surface area (Å²) in [5.74, 6) is 1.03. The predicted octanol–water partition coefficient (Wildman–Crippen LogP) is 2.53. The number of nitrogens with two attached hydrogens (primary N) is 1. The second-order valence-electron chi connectivity index (χ2n) is 5.02. The van der Waals surface area contributed by atoms with Gasteiger partial charge in [-0.1, -0.05) is 19.1 Å². The molecule has 7 heteroatoms. The lowest BCUT2D eigenvalue weighted by Gasteiger charge is -2.08. The third kappa shape index (κ3) is 7.12. The standard InChI is InChI=1S/C17H23N5O.HI/c1-2-12-23-16-14(6-5-10-20-16)13-22-17(18)21-11-8-15-7-3-4-9-19-15;/h3-7,9-10H,2,8,11-13H2,1H3,(H3,18,21,22);1H. The third-order valence-corrected chi connectivity index (χ3v) is 3.13. The van der Waals surface area contributed by atoms with E-state index in [9.17, 15) is 0 Å². The minimum Gasteiger partial charge on any atom is -0.477 e. The molecule has 0 aliphatic carbocycles. The van der Waals surface area contributed by atoms with Crippen molar-refractivity contribution < 1.29 is 4.74 Å².